The summed E-state index contributed by atoms with van der Waals surface area (Å²) in [6, 6.07) is 23.1. The van der Waals surface area contributed by atoms with E-state index >= 15 is 0 Å². The maximum atomic E-state index is 6.00. The molecule has 3 aromatic carbocycles. The van der Waals surface area contributed by atoms with Crippen LogP contribution in [0, 0.1) is 13.8 Å². The zero-order valence-corrected chi connectivity index (χ0v) is 18.8. The van der Waals surface area contributed by atoms with Gasteiger partial charge in [0, 0.05) is 38.4 Å². The van der Waals surface area contributed by atoms with Crippen LogP contribution in [0.2, 0.25) is 0 Å². The minimum atomic E-state index is 0.539. The molecule has 0 spiro atoms. The molecule has 4 rings (SSSR count). The van der Waals surface area contributed by atoms with E-state index in [9.17, 15) is 0 Å². The highest BCUT2D eigenvalue weighted by Gasteiger charge is 2.20. The standard InChI is InChI=1S/C27H32N2O2/c1-21-8-7-9-22(2)27(21)29-16-14-28(15-17-29)19-24-12-13-25(26(18-24)30-3)31-20-23-10-5-4-6-11-23/h4-13,18H,14-17,19-20H2,1-3H3. The molecule has 0 radical (unpaired) electrons. The van der Waals surface area contributed by atoms with E-state index in [0.29, 0.717) is 6.61 Å². The summed E-state index contributed by atoms with van der Waals surface area (Å²) in [5.74, 6) is 1.58. The second-order valence-electron chi connectivity index (χ2n) is 8.26. The first-order valence-electron chi connectivity index (χ1n) is 11.0. The van der Waals surface area contributed by atoms with Crippen molar-refractivity contribution in [2.45, 2.75) is 27.0 Å². The fourth-order valence-corrected chi connectivity index (χ4v) is 4.36. The van der Waals surface area contributed by atoms with Crippen LogP contribution in [-0.4, -0.2) is 38.2 Å². The second kappa shape index (κ2) is 9.88. The quantitative estimate of drug-likeness (QED) is 0.528. The van der Waals surface area contributed by atoms with Crippen molar-refractivity contribution in [3.05, 3.63) is 89.0 Å². The van der Waals surface area contributed by atoms with Crippen molar-refractivity contribution in [3.8, 4) is 11.5 Å². The molecule has 1 aliphatic heterocycles. The zero-order chi connectivity index (χ0) is 21.6. The van der Waals surface area contributed by atoms with E-state index in [1.807, 2.05) is 24.3 Å². The predicted molar refractivity (Wildman–Crippen MR) is 127 cm³/mol. The van der Waals surface area contributed by atoms with Crippen molar-refractivity contribution < 1.29 is 9.47 Å². The molecule has 0 N–H and O–H groups in total. The van der Waals surface area contributed by atoms with Crippen LogP contribution in [-0.2, 0) is 13.2 Å². The average molecular weight is 417 g/mol. The number of nitrogens with zero attached hydrogens (tertiary/aromatic N) is 2. The van der Waals surface area contributed by atoms with E-state index in [1.54, 1.807) is 7.11 Å². The van der Waals surface area contributed by atoms with E-state index < -0.39 is 0 Å². The molecule has 0 bridgehead atoms. The number of piperazine rings is 1. The van der Waals surface area contributed by atoms with E-state index in [2.05, 4.69) is 66.1 Å². The number of hydrogen-bond acceptors (Lipinski definition) is 4. The Morgan fingerprint density at radius 2 is 1.45 bits per heavy atom. The molecule has 0 amide bonds. The van der Waals surface area contributed by atoms with Gasteiger partial charge in [0.2, 0.25) is 0 Å². The molecular weight excluding hydrogens is 384 g/mol. The van der Waals surface area contributed by atoms with E-state index in [0.717, 1.165) is 49.8 Å². The largest absolute Gasteiger partial charge is 0.493 e. The van der Waals surface area contributed by atoms with Gasteiger partial charge < -0.3 is 14.4 Å². The third-order valence-corrected chi connectivity index (χ3v) is 6.00. The molecule has 1 heterocycles. The molecule has 4 nitrogen and oxygen atoms in total. The minimum absolute atomic E-state index is 0.539. The van der Waals surface area contributed by atoms with Crippen LogP contribution in [0.4, 0.5) is 5.69 Å². The van der Waals surface area contributed by atoms with Crippen LogP contribution >= 0.6 is 0 Å². The smallest absolute Gasteiger partial charge is 0.161 e. The van der Waals surface area contributed by atoms with Gasteiger partial charge in [0.25, 0.3) is 0 Å². The summed E-state index contributed by atoms with van der Waals surface area (Å²) in [5.41, 5.74) is 6.54. The molecule has 1 aliphatic rings. The third-order valence-electron chi connectivity index (χ3n) is 6.00. The van der Waals surface area contributed by atoms with Gasteiger partial charge in [0.1, 0.15) is 6.61 Å². The molecule has 162 valence electrons. The van der Waals surface area contributed by atoms with Crippen LogP contribution in [0.5, 0.6) is 11.5 Å². The van der Waals surface area contributed by atoms with Gasteiger partial charge in [0.15, 0.2) is 11.5 Å². The van der Waals surface area contributed by atoms with Crippen molar-refractivity contribution in [2.75, 3.05) is 38.2 Å². The molecular formula is C27H32N2O2. The number of aryl methyl sites for hydroxylation is 2. The van der Waals surface area contributed by atoms with Crippen molar-refractivity contribution in [2.24, 2.45) is 0 Å². The van der Waals surface area contributed by atoms with Crippen LogP contribution in [0.15, 0.2) is 66.7 Å². The Morgan fingerprint density at radius 3 is 2.13 bits per heavy atom. The molecule has 0 aromatic heterocycles. The molecule has 0 saturated carbocycles. The van der Waals surface area contributed by atoms with Crippen LogP contribution in [0.3, 0.4) is 0 Å². The lowest BCUT2D eigenvalue weighted by atomic mass is 10.1. The van der Waals surface area contributed by atoms with E-state index in [-0.39, 0.29) is 0 Å². The predicted octanol–water partition coefficient (Wildman–Crippen LogP) is 5.21. The number of para-hydroxylation sites is 1. The van der Waals surface area contributed by atoms with Gasteiger partial charge in [-0.25, -0.2) is 0 Å². The first-order valence-corrected chi connectivity index (χ1v) is 11.0. The molecule has 1 fully saturated rings. The molecule has 3 aromatic rings. The fourth-order valence-electron chi connectivity index (χ4n) is 4.36. The lowest BCUT2D eigenvalue weighted by molar-refractivity contribution is 0.248. The van der Waals surface area contributed by atoms with Crippen molar-refractivity contribution in [1.29, 1.82) is 0 Å². The lowest BCUT2D eigenvalue weighted by Crippen LogP contribution is -2.46. The Balaban J connectivity index is 1.35. The van der Waals surface area contributed by atoms with Crippen molar-refractivity contribution in [1.82, 2.24) is 4.90 Å². The number of anilines is 1. The van der Waals surface area contributed by atoms with Gasteiger partial charge in [-0.2, -0.15) is 0 Å². The highest BCUT2D eigenvalue weighted by molar-refractivity contribution is 5.59. The summed E-state index contributed by atoms with van der Waals surface area (Å²) in [4.78, 5) is 5.05. The number of hydrogen-bond donors (Lipinski definition) is 0. The van der Waals surface area contributed by atoms with Gasteiger partial charge in [-0.3, -0.25) is 4.90 Å². The Morgan fingerprint density at radius 1 is 0.742 bits per heavy atom. The normalized spacial score (nSPS) is 14.5. The Labute approximate surface area is 186 Å². The van der Waals surface area contributed by atoms with Crippen molar-refractivity contribution >= 4 is 5.69 Å². The van der Waals surface area contributed by atoms with E-state index in [4.69, 9.17) is 9.47 Å². The van der Waals surface area contributed by atoms with Gasteiger partial charge in [0.05, 0.1) is 7.11 Å². The summed E-state index contributed by atoms with van der Waals surface area (Å²) in [6.07, 6.45) is 0. The first kappa shape index (κ1) is 21.3. The Bertz CT molecular complexity index is 975. The number of rotatable bonds is 7. The molecule has 0 atom stereocenters. The number of benzene rings is 3. The van der Waals surface area contributed by atoms with Crippen LogP contribution in [0.1, 0.15) is 22.3 Å². The summed E-state index contributed by atoms with van der Waals surface area (Å²) in [5, 5.41) is 0. The molecule has 1 saturated heterocycles. The SMILES string of the molecule is COc1cc(CN2CCN(c3c(C)cccc3C)CC2)ccc1OCc1ccccc1. The topological polar surface area (TPSA) is 24.9 Å². The summed E-state index contributed by atoms with van der Waals surface area (Å²) >= 11 is 0. The molecule has 4 heteroatoms. The summed E-state index contributed by atoms with van der Waals surface area (Å²) in [6.45, 7) is 10.1. The number of methoxy groups -OCH3 is 1. The minimum Gasteiger partial charge on any atom is -0.493 e. The highest BCUT2D eigenvalue weighted by atomic mass is 16.5. The van der Waals surface area contributed by atoms with Gasteiger partial charge in [-0.05, 0) is 48.2 Å². The summed E-state index contributed by atoms with van der Waals surface area (Å²) in [7, 11) is 1.71. The summed E-state index contributed by atoms with van der Waals surface area (Å²) < 4.78 is 11.6. The Kier molecular flexibility index (Phi) is 6.78. The second-order valence-corrected chi connectivity index (χ2v) is 8.26. The van der Waals surface area contributed by atoms with Gasteiger partial charge in [-0.15, -0.1) is 0 Å². The van der Waals surface area contributed by atoms with Gasteiger partial charge >= 0.3 is 0 Å². The number of ether oxygens (including phenoxy) is 2. The highest BCUT2D eigenvalue weighted by Crippen LogP contribution is 2.30. The van der Waals surface area contributed by atoms with Crippen LogP contribution < -0.4 is 14.4 Å². The zero-order valence-electron chi connectivity index (χ0n) is 18.8. The lowest BCUT2D eigenvalue weighted by Gasteiger charge is -2.37. The van der Waals surface area contributed by atoms with Crippen molar-refractivity contribution in [3.63, 3.8) is 0 Å². The third kappa shape index (κ3) is 5.20. The fraction of sp³-hybridized carbons (Fsp3) is 0.333. The first-order chi connectivity index (χ1) is 15.1. The molecule has 31 heavy (non-hydrogen) atoms. The average Bonchev–Trinajstić information content (AvgIpc) is 2.80. The van der Waals surface area contributed by atoms with Crippen LogP contribution in [0.25, 0.3) is 0 Å². The Hall–Kier alpha value is -2.98. The van der Waals surface area contributed by atoms with E-state index in [1.165, 1.54) is 22.4 Å². The maximum absolute atomic E-state index is 6.00. The maximum Gasteiger partial charge on any atom is 0.161 e. The molecule has 0 aliphatic carbocycles. The van der Waals surface area contributed by atoms with Gasteiger partial charge in [-0.1, -0.05) is 54.6 Å². The molecule has 0 unspecified atom stereocenters. The monoisotopic (exact) mass is 416 g/mol.